The molecule has 0 saturated carbocycles. The maximum Gasteiger partial charge on any atom is 0.259 e. The molecule has 5 heteroatoms. The van der Waals surface area contributed by atoms with E-state index in [9.17, 15) is 4.79 Å². The van der Waals surface area contributed by atoms with E-state index in [0.29, 0.717) is 28.7 Å². The quantitative estimate of drug-likeness (QED) is 0.674. The Labute approximate surface area is 151 Å². The van der Waals surface area contributed by atoms with Gasteiger partial charge in [0.15, 0.2) is 0 Å². The van der Waals surface area contributed by atoms with Crippen molar-refractivity contribution in [3.05, 3.63) is 89.1 Å². The molecule has 1 amide bonds. The molecule has 1 heterocycles. The van der Waals surface area contributed by atoms with E-state index in [1.54, 1.807) is 42.5 Å². The molecule has 25 heavy (non-hydrogen) atoms. The molecule has 2 aromatic carbocycles. The van der Waals surface area contributed by atoms with Gasteiger partial charge < -0.3 is 4.74 Å². The van der Waals surface area contributed by atoms with Crippen LogP contribution in [0.3, 0.4) is 0 Å². The van der Waals surface area contributed by atoms with Crippen LogP contribution in [0.2, 0.25) is 5.02 Å². The molecule has 0 saturated heterocycles. The van der Waals surface area contributed by atoms with E-state index in [1.807, 2.05) is 42.5 Å². The maximum absolute atomic E-state index is 13.0. The van der Waals surface area contributed by atoms with E-state index in [4.69, 9.17) is 16.3 Å². The van der Waals surface area contributed by atoms with E-state index >= 15 is 0 Å². The smallest absolute Gasteiger partial charge is 0.259 e. The van der Waals surface area contributed by atoms with Crippen molar-refractivity contribution in [1.82, 2.24) is 4.98 Å². The second kappa shape index (κ2) is 7.81. The molecule has 0 aliphatic rings. The summed E-state index contributed by atoms with van der Waals surface area (Å²) in [5.74, 6) is 1.17. The van der Waals surface area contributed by atoms with Crippen molar-refractivity contribution in [2.24, 2.45) is 0 Å². The summed E-state index contributed by atoms with van der Waals surface area (Å²) in [6.07, 6.45) is 1.67. The monoisotopic (exact) mass is 352 g/mol. The molecule has 0 N–H and O–H groups in total. The Balaban J connectivity index is 1.92. The SMILES string of the molecule is COc1ccc(C(=O)N(Cc2ccc(Cl)cc2)c2ccccn2)cc1. The van der Waals surface area contributed by atoms with E-state index in [2.05, 4.69) is 4.98 Å². The maximum atomic E-state index is 13.0. The van der Waals surface area contributed by atoms with Gasteiger partial charge in [0, 0.05) is 16.8 Å². The van der Waals surface area contributed by atoms with Crippen LogP contribution < -0.4 is 9.64 Å². The third-order valence-electron chi connectivity index (χ3n) is 3.76. The van der Waals surface area contributed by atoms with Gasteiger partial charge in [-0.25, -0.2) is 4.98 Å². The first-order valence-electron chi connectivity index (χ1n) is 7.79. The molecule has 0 unspecified atom stereocenters. The van der Waals surface area contributed by atoms with Crippen molar-refractivity contribution in [3.63, 3.8) is 0 Å². The predicted octanol–water partition coefficient (Wildman–Crippen LogP) is 4.59. The van der Waals surface area contributed by atoms with Gasteiger partial charge in [0.1, 0.15) is 11.6 Å². The molecular formula is C20H17ClN2O2. The lowest BCUT2D eigenvalue weighted by Crippen LogP contribution is -2.31. The van der Waals surface area contributed by atoms with Gasteiger partial charge in [-0.05, 0) is 54.1 Å². The topological polar surface area (TPSA) is 42.4 Å². The number of ether oxygens (including phenoxy) is 1. The summed E-state index contributed by atoms with van der Waals surface area (Å²) < 4.78 is 5.15. The highest BCUT2D eigenvalue weighted by Crippen LogP contribution is 2.20. The number of nitrogens with zero attached hydrogens (tertiary/aromatic N) is 2. The fraction of sp³-hybridized carbons (Fsp3) is 0.100. The van der Waals surface area contributed by atoms with Crippen LogP contribution in [-0.4, -0.2) is 18.0 Å². The summed E-state index contributed by atoms with van der Waals surface area (Å²) in [6.45, 7) is 0.402. The fourth-order valence-corrected chi connectivity index (χ4v) is 2.56. The van der Waals surface area contributed by atoms with E-state index in [1.165, 1.54) is 0 Å². The molecule has 1 aromatic heterocycles. The van der Waals surface area contributed by atoms with Gasteiger partial charge in [0.2, 0.25) is 0 Å². The van der Waals surface area contributed by atoms with Crippen LogP contribution in [0.15, 0.2) is 72.9 Å². The molecule has 0 atom stereocenters. The van der Waals surface area contributed by atoms with Crippen LogP contribution in [0, 0.1) is 0 Å². The lowest BCUT2D eigenvalue weighted by molar-refractivity contribution is 0.0984. The number of pyridine rings is 1. The summed E-state index contributed by atoms with van der Waals surface area (Å²) in [5, 5.41) is 0.662. The molecular weight excluding hydrogens is 336 g/mol. The van der Waals surface area contributed by atoms with Crippen LogP contribution >= 0.6 is 11.6 Å². The molecule has 0 bridgehead atoms. The van der Waals surface area contributed by atoms with Crippen molar-refractivity contribution < 1.29 is 9.53 Å². The Morgan fingerprint density at radius 3 is 2.36 bits per heavy atom. The zero-order chi connectivity index (χ0) is 17.6. The third kappa shape index (κ3) is 4.17. The predicted molar refractivity (Wildman–Crippen MR) is 99.2 cm³/mol. The fourth-order valence-electron chi connectivity index (χ4n) is 2.43. The lowest BCUT2D eigenvalue weighted by Gasteiger charge is -2.22. The Hall–Kier alpha value is -2.85. The van der Waals surface area contributed by atoms with Gasteiger partial charge in [-0.15, -0.1) is 0 Å². The van der Waals surface area contributed by atoms with Crippen LogP contribution in [0.1, 0.15) is 15.9 Å². The van der Waals surface area contributed by atoms with E-state index in [0.717, 1.165) is 5.56 Å². The minimum absolute atomic E-state index is 0.128. The van der Waals surface area contributed by atoms with E-state index in [-0.39, 0.29) is 5.91 Å². The number of hydrogen-bond acceptors (Lipinski definition) is 3. The summed E-state index contributed by atoms with van der Waals surface area (Å²) in [4.78, 5) is 19.0. The van der Waals surface area contributed by atoms with Gasteiger partial charge in [0.25, 0.3) is 5.91 Å². The van der Waals surface area contributed by atoms with Crippen molar-refractivity contribution >= 4 is 23.3 Å². The number of halogens is 1. The standard InChI is InChI=1S/C20H17ClN2O2/c1-25-18-11-7-16(8-12-18)20(24)23(19-4-2-3-13-22-19)14-15-5-9-17(21)10-6-15/h2-13H,14H2,1H3. The van der Waals surface area contributed by atoms with Gasteiger partial charge >= 0.3 is 0 Å². The average molecular weight is 353 g/mol. The van der Waals surface area contributed by atoms with Gasteiger partial charge in [-0.3, -0.25) is 9.69 Å². The number of rotatable bonds is 5. The summed E-state index contributed by atoms with van der Waals surface area (Å²) in [5.41, 5.74) is 1.54. The normalized spacial score (nSPS) is 10.3. The van der Waals surface area contributed by atoms with Crippen LogP contribution in [-0.2, 0) is 6.54 Å². The molecule has 0 aliphatic heterocycles. The first kappa shape index (κ1) is 17.0. The van der Waals surface area contributed by atoms with Crippen molar-refractivity contribution in [2.75, 3.05) is 12.0 Å². The number of anilines is 1. The number of benzene rings is 2. The first-order valence-corrected chi connectivity index (χ1v) is 8.16. The highest BCUT2D eigenvalue weighted by atomic mass is 35.5. The lowest BCUT2D eigenvalue weighted by atomic mass is 10.1. The van der Waals surface area contributed by atoms with Crippen molar-refractivity contribution in [2.45, 2.75) is 6.54 Å². The number of amides is 1. The largest absolute Gasteiger partial charge is 0.497 e. The zero-order valence-corrected chi connectivity index (χ0v) is 14.5. The Morgan fingerprint density at radius 2 is 1.76 bits per heavy atom. The molecule has 0 fully saturated rings. The van der Waals surface area contributed by atoms with Crippen molar-refractivity contribution in [3.8, 4) is 5.75 Å². The minimum Gasteiger partial charge on any atom is -0.497 e. The second-order valence-corrected chi connectivity index (χ2v) is 5.87. The zero-order valence-electron chi connectivity index (χ0n) is 13.7. The molecule has 3 rings (SSSR count). The molecule has 0 aliphatic carbocycles. The summed E-state index contributed by atoms with van der Waals surface area (Å²) >= 11 is 5.95. The van der Waals surface area contributed by atoms with Crippen molar-refractivity contribution in [1.29, 1.82) is 0 Å². The summed E-state index contributed by atoms with van der Waals surface area (Å²) in [6, 6.07) is 20.0. The highest BCUT2D eigenvalue weighted by Gasteiger charge is 2.19. The van der Waals surface area contributed by atoms with Gasteiger partial charge in [-0.2, -0.15) is 0 Å². The highest BCUT2D eigenvalue weighted by molar-refractivity contribution is 6.30. The molecule has 0 radical (unpaired) electrons. The average Bonchev–Trinajstić information content (AvgIpc) is 2.68. The number of carbonyl (C=O) groups excluding carboxylic acids is 1. The second-order valence-electron chi connectivity index (χ2n) is 5.43. The van der Waals surface area contributed by atoms with Crippen LogP contribution in [0.5, 0.6) is 5.75 Å². The van der Waals surface area contributed by atoms with Crippen LogP contribution in [0.4, 0.5) is 5.82 Å². The molecule has 0 spiro atoms. The summed E-state index contributed by atoms with van der Waals surface area (Å²) in [7, 11) is 1.59. The Morgan fingerprint density at radius 1 is 1.04 bits per heavy atom. The van der Waals surface area contributed by atoms with Gasteiger partial charge in [-0.1, -0.05) is 29.8 Å². The van der Waals surface area contributed by atoms with Crippen LogP contribution in [0.25, 0.3) is 0 Å². The first-order chi connectivity index (χ1) is 12.2. The third-order valence-corrected chi connectivity index (χ3v) is 4.01. The molecule has 3 aromatic rings. The number of aromatic nitrogens is 1. The Kier molecular flexibility index (Phi) is 5.31. The Bertz CT molecular complexity index is 834. The van der Waals surface area contributed by atoms with E-state index < -0.39 is 0 Å². The number of hydrogen-bond donors (Lipinski definition) is 0. The number of carbonyl (C=O) groups is 1. The molecule has 4 nitrogen and oxygen atoms in total. The van der Waals surface area contributed by atoms with Gasteiger partial charge in [0.05, 0.1) is 13.7 Å². The minimum atomic E-state index is -0.128. The molecule has 126 valence electrons. The number of methoxy groups -OCH3 is 1.